The molecular weight excluding hydrogens is 245 g/mol. The highest BCUT2D eigenvalue weighted by Crippen LogP contribution is 2.18. The van der Waals surface area contributed by atoms with E-state index in [-0.39, 0.29) is 18.1 Å². The first-order valence-corrected chi connectivity index (χ1v) is 5.60. The number of thiazole rings is 1. The molecule has 1 aromatic heterocycles. The number of aromatic carboxylic acids is 1. The van der Waals surface area contributed by atoms with Crippen LogP contribution in [0, 0.1) is 5.82 Å². The molecular formula is C11H8FNO3S. The number of hydrogen-bond donors (Lipinski definition) is 1. The van der Waals surface area contributed by atoms with E-state index in [9.17, 15) is 9.18 Å². The summed E-state index contributed by atoms with van der Waals surface area (Å²) >= 11 is 1.16. The van der Waals surface area contributed by atoms with E-state index in [1.165, 1.54) is 17.5 Å². The van der Waals surface area contributed by atoms with Gasteiger partial charge >= 0.3 is 5.97 Å². The van der Waals surface area contributed by atoms with E-state index in [1.807, 2.05) is 0 Å². The third kappa shape index (κ3) is 2.79. The summed E-state index contributed by atoms with van der Waals surface area (Å²) in [6, 6.07) is 6.01. The monoisotopic (exact) mass is 253 g/mol. The molecule has 0 spiro atoms. The number of benzene rings is 1. The standard InChI is InChI=1S/C11H8FNO3S/c12-7-3-1-2-4-9(7)16-5-10-13-8(6-17-10)11(14)15/h1-4,6H,5H2,(H,14,15). The lowest BCUT2D eigenvalue weighted by Crippen LogP contribution is -2.00. The SMILES string of the molecule is O=C(O)c1csc(COc2ccccc2F)n1. The number of carboxylic acid groups (broad SMARTS) is 1. The Morgan fingerprint density at radius 1 is 1.47 bits per heavy atom. The van der Waals surface area contributed by atoms with Crippen molar-refractivity contribution in [3.05, 3.63) is 46.2 Å². The summed E-state index contributed by atoms with van der Waals surface area (Å²) in [5, 5.41) is 10.6. The average Bonchev–Trinajstić information content (AvgIpc) is 2.77. The lowest BCUT2D eigenvalue weighted by molar-refractivity contribution is 0.0691. The number of carboxylic acids is 1. The number of halogens is 1. The van der Waals surface area contributed by atoms with Crippen molar-refractivity contribution in [2.75, 3.05) is 0 Å². The molecule has 0 aliphatic rings. The molecule has 0 radical (unpaired) electrons. The zero-order valence-electron chi connectivity index (χ0n) is 8.59. The minimum Gasteiger partial charge on any atom is -0.483 e. The van der Waals surface area contributed by atoms with Crippen LogP contribution >= 0.6 is 11.3 Å². The molecule has 0 saturated heterocycles. The quantitative estimate of drug-likeness (QED) is 0.909. The predicted octanol–water partition coefficient (Wildman–Crippen LogP) is 2.56. The third-order valence-electron chi connectivity index (χ3n) is 1.96. The van der Waals surface area contributed by atoms with Gasteiger partial charge in [0.05, 0.1) is 0 Å². The van der Waals surface area contributed by atoms with Gasteiger partial charge in [-0.1, -0.05) is 12.1 Å². The van der Waals surface area contributed by atoms with Gasteiger partial charge in [0, 0.05) is 5.38 Å². The maximum Gasteiger partial charge on any atom is 0.355 e. The van der Waals surface area contributed by atoms with Crippen molar-refractivity contribution in [1.82, 2.24) is 4.98 Å². The summed E-state index contributed by atoms with van der Waals surface area (Å²) in [7, 11) is 0. The van der Waals surface area contributed by atoms with Gasteiger partial charge in [0.15, 0.2) is 17.3 Å². The van der Waals surface area contributed by atoms with Crippen LogP contribution in [0.25, 0.3) is 0 Å². The first-order chi connectivity index (χ1) is 8.16. The topological polar surface area (TPSA) is 59.4 Å². The summed E-state index contributed by atoms with van der Waals surface area (Å²) < 4.78 is 18.4. The van der Waals surface area contributed by atoms with E-state index in [4.69, 9.17) is 9.84 Å². The Morgan fingerprint density at radius 3 is 2.88 bits per heavy atom. The van der Waals surface area contributed by atoms with Crippen molar-refractivity contribution in [2.45, 2.75) is 6.61 Å². The van der Waals surface area contributed by atoms with Crippen molar-refractivity contribution in [3.63, 3.8) is 0 Å². The Bertz CT molecular complexity index is 541. The maximum absolute atomic E-state index is 13.2. The Balaban J connectivity index is 2.02. The van der Waals surface area contributed by atoms with Gasteiger partial charge in [-0.15, -0.1) is 11.3 Å². The van der Waals surface area contributed by atoms with Crippen LogP contribution in [0.15, 0.2) is 29.6 Å². The molecule has 6 heteroatoms. The Hall–Kier alpha value is -1.95. The van der Waals surface area contributed by atoms with Gasteiger partial charge in [0.25, 0.3) is 0 Å². The average molecular weight is 253 g/mol. The summed E-state index contributed by atoms with van der Waals surface area (Å²) in [6.45, 7) is 0.0544. The molecule has 0 bridgehead atoms. The largest absolute Gasteiger partial charge is 0.483 e. The van der Waals surface area contributed by atoms with Gasteiger partial charge in [-0.25, -0.2) is 14.2 Å². The highest BCUT2D eigenvalue weighted by Gasteiger charge is 2.09. The number of carbonyl (C=O) groups is 1. The number of nitrogens with zero attached hydrogens (tertiary/aromatic N) is 1. The second kappa shape index (κ2) is 4.92. The molecule has 0 aliphatic carbocycles. The van der Waals surface area contributed by atoms with E-state index in [0.29, 0.717) is 5.01 Å². The molecule has 4 nitrogen and oxygen atoms in total. The molecule has 88 valence electrons. The maximum atomic E-state index is 13.2. The first-order valence-electron chi connectivity index (χ1n) is 4.72. The molecule has 1 heterocycles. The van der Waals surface area contributed by atoms with E-state index in [2.05, 4.69) is 4.98 Å². The Morgan fingerprint density at radius 2 is 2.24 bits per heavy atom. The van der Waals surface area contributed by atoms with E-state index in [1.54, 1.807) is 12.1 Å². The second-order valence-electron chi connectivity index (χ2n) is 3.15. The highest BCUT2D eigenvalue weighted by atomic mass is 32.1. The third-order valence-corrected chi connectivity index (χ3v) is 2.78. The van der Waals surface area contributed by atoms with Crippen LogP contribution in [-0.4, -0.2) is 16.1 Å². The highest BCUT2D eigenvalue weighted by molar-refractivity contribution is 7.09. The Labute approximate surface area is 100 Å². The summed E-state index contributed by atoms with van der Waals surface area (Å²) in [6.07, 6.45) is 0. The number of para-hydroxylation sites is 1. The molecule has 0 aliphatic heterocycles. The van der Waals surface area contributed by atoms with Crippen molar-refractivity contribution in [2.24, 2.45) is 0 Å². The number of aromatic nitrogens is 1. The van der Waals surface area contributed by atoms with Gasteiger partial charge < -0.3 is 9.84 Å². The van der Waals surface area contributed by atoms with Crippen LogP contribution in [-0.2, 0) is 6.61 Å². The van der Waals surface area contributed by atoms with Crippen LogP contribution in [0.1, 0.15) is 15.5 Å². The van der Waals surface area contributed by atoms with Crippen LogP contribution in [0.5, 0.6) is 5.75 Å². The zero-order chi connectivity index (χ0) is 12.3. The number of rotatable bonds is 4. The van der Waals surface area contributed by atoms with Crippen LogP contribution < -0.4 is 4.74 Å². The predicted molar refractivity (Wildman–Crippen MR) is 59.8 cm³/mol. The molecule has 1 aromatic carbocycles. The molecule has 2 rings (SSSR count). The Kier molecular flexibility index (Phi) is 3.34. The molecule has 17 heavy (non-hydrogen) atoms. The summed E-state index contributed by atoms with van der Waals surface area (Å²) in [5.74, 6) is -1.42. The smallest absolute Gasteiger partial charge is 0.355 e. The van der Waals surface area contributed by atoms with E-state index >= 15 is 0 Å². The fourth-order valence-corrected chi connectivity index (χ4v) is 1.86. The second-order valence-corrected chi connectivity index (χ2v) is 4.09. The molecule has 2 aromatic rings. The van der Waals surface area contributed by atoms with Gasteiger partial charge in [-0.2, -0.15) is 0 Å². The van der Waals surface area contributed by atoms with Crippen molar-refractivity contribution < 1.29 is 19.0 Å². The number of ether oxygens (including phenoxy) is 1. The van der Waals surface area contributed by atoms with Gasteiger partial charge in [-0.3, -0.25) is 0 Å². The molecule has 0 atom stereocenters. The van der Waals surface area contributed by atoms with Gasteiger partial charge in [0.2, 0.25) is 0 Å². The van der Waals surface area contributed by atoms with Crippen LogP contribution in [0.2, 0.25) is 0 Å². The molecule has 0 fully saturated rings. The van der Waals surface area contributed by atoms with Crippen LogP contribution in [0.4, 0.5) is 4.39 Å². The van der Waals surface area contributed by atoms with Gasteiger partial charge in [-0.05, 0) is 12.1 Å². The van der Waals surface area contributed by atoms with E-state index in [0.717, 1.165) is 11.3 Å². The van der Waals surface area contributed by atoms with Crippen LogP contribution in [0.3, 0.4) is 0 Å². The van der Waals surface area contributed by atoms with Crippen molar-refractivity contribution >= 4 is 17.3 Å². The minimum absolute atomic E-state index is 0.0258. The fraction of sp³-hybridized carbons (Fsp3) is 0.0909. The number of hydrogen-bond acceptors (Lipinski definition) is 4. The first kappa shape index (κ1) is 11.5. The summed E-state index contributed by atoms with van der Waals surface area (Å²) in [4.78, 5) is 14.4. The molecule has 0 unspecified atom stereocenters. The lowest BCUT2D eigenvalue weighted by atomic mass is 10.3. The minimum atomic E-state index is -1.08. The fourth-order valence-electron chi connectivity index (χ4n) is 1.18. The normalized spacial score (nSPS) is 10.2. The lowest BCUT2D eigenvalue weighted by Gasteiger charge is -2.04. The zero-order valence-corrected chi connectivity index (χ0v) is 9.41. The van der Waals surface area contributed by atoms with Crippen molar-refractivity contribution in [1.29, 1.82) is 0 Å². The molecule has 0 amide bonds. The van der Waals surface area contributed by atoms with Gasteiger partial charge in [0.1, 0.15) is 11.6 Å². The molecule has 1 N–H and O–H groups in total. The van der Waals surface area contributed by atoms with Crippen molar-refractivity contribution in [3.8, 4) is 5.75 Å². The summed E-state index contributed by atoms with van der Waals surface area (Å²) in [5.41, 5.74) is -0.0258. The molecule has 0 saturated carbocycles. The van der Waals surface area contributed by atoms with E-state index < -0.39 is 11.8 Å².